The fourth-order valence-corrected chi connectivity index (χ4v) is 4.23. The Morgan fingerprint density at radius 3 is 2.04 bits per heavy atom. The zero-order valence-corrected chi connectivity index (χ0v) is 15.2. The molecule has 1 atom stereocenters. The Hall–Kier alpha value is -3.23. The Bertz CT molecular complexity index is 995. The molecule has 4 rings (SSSR count). The molecule has 0 spiro atoms. The van der Waals surface area contributed by atoms with Crippen LogP contribution in [0.2, 0.25) is 0 Å². The van der Waals surface area contributed by atoms with Crippen molar-refractivity contribution in [1.82, 2.24) is 0 Å². The van der Waals surface area contributed by atoms with E-state index in [0.29, 0.717) is 0 Å². The zero-order valence-electron chi connectivity index (χ0n) is 14.4. The summed E-state index contributed by atoms with van der Waals surface area (Å²) in [5.74, 6) is -1.08. The molecule has 1 aliphatic heterocycles. The van der Waals surface area contributed by atoms with Crippen molar-refractivity contribution in [3.8, 4) is 0 Å². The van der Waals surface area contributed by atoms with E-state index in [1.807, 2.05) is 48.5 Å². The summed E-state index contributed by atoms with van der Waals surface area (Å²) in [6.07, 6.45) is 0.210. The first-order chi connectivity index (χ1) is 13.2. The molecule has 0 radical (unpaired) electrons. The van der Waals surface area contributed by atoms with E-state index in [4.69, 9.17) is 11.7 Å². The van der Waals surface area contributed by atoms with Crippen molar-refractivity contribution in [2.24, 2.45) is 0 Å². The number of carboxylic acids is 1. The van der Waals surface area contributed by atoms with Gasteiger partial charge in [-0.05, 0) is 42.0 Å². The maximum atomic E-state index is 11.1. The number of aliphatic carboxylic acids is 1. The molecule has 0 saturated carbocycles. The van der Waals surface area contributed by atoms with Crippen LogP contribution in [0.3, 0.4) is 0 Å². The topological polar surface area (TPSA) is 44.9 Å². The van der Waals surface area contributed by atoms with E-state index in [-0.39, 0.29) is 6.42 Å². The highest BCUT2D eigenvalue weighted by atomic mass is 32.2. The van der Waals surface area contributed by atoms with Gasteiger partial charge in [0.25, 0.3) is 0 Å². The van der Waals surface area contributed by atoms with Crippen molar-refractivity contribution >= 4 is 34.8 Å². The van der Waals surface area contributed by atoms with Gasteiger partial charge >= 0.3 is 12.0 Å². The smallest absolute Gasteiger partial charge is 0.388 e. The lowest BCUT2D eigenvalue weighted by molar-refractivity contribution is -0.137. The summed E-state index contributed by atoms with van der Waals surface area (Å²) in [4.78, 5) is 18.9. The van der Waals surface area contributed by atoms with Gasteiger partial charge in [0, 0.05) is 15.5 Å². The average Bonchev–Trinajstić information content (AvgIpc) is 2.70. The molecular formula is C22H16N2O2S. The lowest BCUT2D eigenvalue weighted by atomic mass is 10.1. The Morgan fingerprint density at radius 1 is 0.963 bits per heavy atom. The van der Waals surface area contributed by atoms with Crippen molar-refractivity contribution in [3.63, 3.8) is 0 Å². The maximum Gasteiger partial charge on any atom is 0.388 e. The minimum absolute atomic E-state index is 0.210. The molecule has 3 aromatic rings. The number of benzene rings is 3. The standard InChI is InChI=1S/C22H16N2O2S/c1-23-17(22(25)26)14-15-10-12-16(13-11-15)24-18-6-2-4-8-20(18)27-21-9-5-3-7-19(21)24/h2-13,17H,14H2,(H,25,26). The van der Waals surface area contributed by atoms with Crippen LogP contribution in [0, 0.1) is 6.57 Å². The zero-order chi connectivity index (χ0) is 18.8. The van der Waals surface area contributed by atoms with Crippen LogP contribution in [-0.2, 0) is 11.2 Å². The first-order valence-electron chi connectivity index (χ1n) is 8.52. The van der Waals surface area contributed by atoms with Crippen molar-refractivity contribution in [1.29, 1.82) is 0 Å². The van der Waals surface area contributed by atoms with E-state index >= 15 is 0 Å². The molecule has 0 amide bonds. The van der Waals surface area contributed by atoms with Gasteiger partial charge in [0.1, 0.15) is 0 Å². The third-order valence-corrected chi connectivity index (χ3v) is 5.63. The minimum Gasteiger partial charge on any atom is -0.476 e. The van der Waals surface area contributed by atoms with Gasteiger partial charge in [0.05, 0.1) is 17.8 Å². The fourth-order valence-electron chi connectivity index (χ4n) is 3.18. The highest BCUT2D eigenvalue weighted by molar-refractivity contribution is 7.99. The average molecular weight is 372 g/mol. The Balaban J connectivity index is 1.72. The van der Waals surface area contributed by atoms with Gasteiger partial charge in [0.15, 0.2) is 0 Å². The van der Waals surface area contributed by atoms with Crippen LogP contribution in [0.5, 0.6) is 0 Å². The van der Waals surface area contributed by atoms with E-state index in [2.05, 4.69) is 34.0 Å². The summed E-state index contributed by atoms with van der Waals surface area (Å²) in [7, 11) is 0. The SMILES string of the molecule is [C-]#[N+]C(Cc1ccc(N2c3ccccc3Sc3ccccc32)cc1)C(=O)O. The number of carbonyl (C=O) groups is 1. The lowest BCUT2D eigenvalue weighted by Gasteiger charge is -2.32. The summed E-state index contributed by atoms with van der Waals surface area (Å²) in [5.41, 5.74) is 4.10. The van der Waals surface area contributed by atoms with E-state index in [1.54, 1.807) is 11.8 Å². The predicted octanol–water partition coefficient (Wildman–Crippen LogP) is 5.54. The van der Waals surface area contributed by atoms with Gasteiger partial charge in [-0.15, -0.1) is 0 Å². The number of hydrogen-bond acceptors (Lipinski definition) is 3. The predicted molar refractivity (Wildman–Crippen MR) is 107 cm³/mol. The van der Waals surface area contributed by atoms with Crippen molar-refractivity contribution in [3.05, 3.63) is 89.8 Å². The molecule has 0 fully saturated rings. The number of hydrogen-bond donors (Lipinski definition) is 1. The molecule has 3 aromatic carbocycles. The summed E-state index contributed by atoms with van der Waals surface area (Å²) < 4.78 is 0. The fraction of sp³-hybridized carbons (Fsp3) is 0.0909. The van der Waals surface area contributed by atoms with Crippen LogP contribution < -0.4 is 4.90 Å². The number of rotatable bonds is 4. The molecule has 27 heavy (non-hydrogen) atoms. The summed E-state index contributed by atoms with van der Waals surface area (Å²) in [5, 5.41) is 9.09. The van der Waals surface area contributed by atoms with Gasteiger partial charge in [0.2, 0.25) is 0 Å². The molecule has 0 bridgehead atoms. The highest BCUT2D eigenvalue weighted by Gasteiger charge is 2.25. The molecule has 1 heterocycles. The Morgan fingerprint density at radius 2 is 1.52 bits per heavy atom. The van der Waals surface area contributed by atoms with Crippen LogP contribution in [0.4, 0.5) is 17.1 Å². The first kappa shape index (κ1) is 17.2. The van der Waals surface area contributed by atoms with Crippen LogP contribution in [0.1, 0.15) is 5.56 Å². The van der Waals surface area contributed by atoms with E-state index in [1.165, 1.54) is 9.79 Å². The number of para-hydroxylation sites is 2. The molecule has 1 N–H and O–H groups in total. The van der Waals surface area contributed by atoms with Gasteiger partial charge in [-0.1, -0.05) is 48.2 Å². The van der Waals surface area contributed by atoms with E-state index in [9.17, 15) is 4.79 Å². The normalized spacial score (nSPS) is 13.2. The van der Waals surface area contributed by atoms with E-state index < -0.39 is 12.0 Å². The summed E-state index contributed by atoms with van der Waals surface area (Å²) in [6.45, 7) is 7.04. The molecule has 4 nitrogen and oxygen atoms in total. The van der Waals surface area contributed by atoms with Gasteiger partial charge in [-0.25, -0.2) is 11.4 Å². The maximum absolute atomic E-state index is 11.1. The van der Waals surface area contributed by atoms with Gasteiger partial charge in [-0.3, -0.25) is 0 Å². The summed E-state index contributed by atoms with van der Waals surface area (Å²) in [6, 6.07) is 23.3. The molecule has 0 saturated heterocycles. The molecule has 0 aromatic heterocycles. The van der Waals surface area contributed by atoms with Gasteiger partial charge < -0.3 is 14.9 Å². The first-order valence-corrected chi connectivity index (χ1v) is 9.33. The largest absolute Gasteiger partial charge is 0.476 e. The van der Waals surface area contributed by atoms with Crippen molar-refractivity contribution in [2.45, 2.75) is 22.3 Å². The Kier molecular flexibility index (Phi) is 4.57. The summed E-state index contributed by atoms with van der Waals surface area (Å²) >= 11 is 1.76. The van der Waals surface area contributed by atoms with Crippen LogP contribution in [0.25, 0.3) is 4.85 Å². The Labute approximate surface area is 161 Å². The third kappa shape index (κ3) is 3.27. The van der Waals surface area contributed by atoms with Gasteiger partial charge in [-0.2, -0.15) is 0 Å². The van der Waals surface area contributed by atoms with E-state index in [0.717, 1.165) is 22.6 Å². The molecular weight excluding hydrogens is 356 g/mol. The molecule has 0 aliphatic carbocycles. The number of fused-ring (bicyclic) bond motifs is 2. The molecule has 132 valence electrons. The van der Waals surface area contributed by atoms with Crippen molar-refractivity contribution in [2.75, 3.05) is 4.90 Å². The van der Waals surface area contributed by atoms with Crippen LogP contribution in [-0.4, -0.2) is 17.1 Å². The van der Waals surface area contributed by atoms with Crippen LogP contribution in [0.15, 0.2) is 82.6 Å². The third-order valence-electron chi connectivity index (χ3n) is 4.50. The minimum atomic E-state index is -1.08. The number of carboxylic acid groups (broad SMARTS) is 1. The van der Waals surface area contributed by atoms with Crippen LogP contribution >= 0.6 is 11.8 Å². The monoisotopic (exact) mass is 372 g/mol. The molecule has 1 unspecified atom stereocenters. The molecule has 5 heteroatoms. The second-order valence-corrected chi connectivity index (χ2v) is 7.31. The lowest BCUT2D eigenvalue weighted by Crippen LogP contribution is -2.19. The molecule has 1 aliphatic rings. The highest BCUT2D eigenvalue weighted by Crippen LogP contribution is 2.50. The quantitative estimate of drug-likeness (QED) is 0.478. The second kappa shape index (κ2) is 7.18. The number of anilines is 3. The number of nitrogens with zero attached hydrogens (tertiary/aromatic N) is 2. The van der Waals surface area contributed by atoms with Crippen molar-refractivity contribution < 1.29 is 9.90 Å². The second-order valence-electron chi connectivity index (χ2n) is 6.23.